The van der Waals surface area contributed by atoms with Crippen LogP contribution < -0.4 is 5.32 Å². The highest BCUT2D eigenvalue weighted by Gasteiger charge is 2.12. The third kappa shape index (κ3) is 4.56. The van der Waals surface area contributed by atoms with Crippen LogP contribution in [0.1, 0.15) is 5.56 Å². The van der Waals surface area contributed by atoms with Gasteiger partial charge in [-0.1, -0.05) is 45.7 Å². The second-order valence-corrected chi connectivity index (χ2v) is 8.10. The number of nitrogens with one attached hydrogen (secondary N) is 1. The number of sulfone groups is 1. The Morgan fingerprint density at radius 1 is 1.23 bits per heavy atom. The SMILES string of the molecule is CS(=O)(=O)c1cc(Br)cc(NC(=O)Cc2ccccc2Cl)c1. The maximum Gasteiger partial charge on any atom is 0.228 e. The minimum Gasteiger partial charge on any atom is -0.326 e. The van der Waals surface area contributed by atoms with Crippen LogP contribution in [0.5, 0.6) is 0 Å². The molecule has 2 rings (SSSR count). The Hall–Kier alpha value is -1.37. The Kier molecular flexibility index (Phi) is 5.26. The molecule has 0 bridgehead atoms. The summed E-state index contributed by atoms with van der Waals surface area (Å²) in [5.41, 5.74) is 1.12. The molecule has 4 nitrogen and oxygen atoms in total. The molecule has 0 aromatic heterocycles. The molecule has 22 heavy (non-hydrogen) atoms. The van der Waals surface area contributed by atoms with Gasteiger partial charge in [0.05, 0.1) is 11.3 Å². The number of hydrogen-bond acceptors (Lipinski definition) is 3. The molecule has 0 spiro atoms. The van der Waals surface area contributed by atoms with Gasteiger partial charge in [0.2, 0.25) is 5.91 Å². The molecule has 7 heteroatoms. The standard InChI is InChI=1S/C15H13BrClNO3S/c1-22(20,21)13-8-11(16)7-12(9-13)18-15(19)6-10-4-2-3-5-14(10)17/h2-5,7-9H,6H2,1H3,(H,18,19). The van der Waals surface area contributed by atoms with Gasteiger partial charge in [0.1, 0.15) is 0 Å². The Balaban J connectivity index is 2.19. The molecule has 2 aromatic carbocycles. The summed E-state index contributed by atoms with van der Waals surface area (Å²) in [7, 11) is -3.35. The average Bonchev–Trinajstić information content (AvgIpc) is 2.39. The lowest BCUT2D eigenvalue weighted by Gasteiger charge is -2.09. The van der Waals surface area contributed by atoms with Crippen LogP contribution in [-0.2, 0) is 21.1 Å². The lowest BCUT2D eigenvalue weighted by Crippen LogP contribution is -2.15. The summed E-state index contributed by atoms with van der Waals surface area (Å²) in [5, 5.41) is 3.20. The largest absolute Gasteiger partial charge is 0.326 e. The van der Waals surface area contributed by atoms with E-state index in [1.165, 1.54) is 12.1 Å². The highest BCUT2D eigenvalue weighted by molar-refractivity contribution is 9.10. The molecule has 0 saturated heterocycles. The lowest BCUT2D eigenvalue weighted by atomic mass is 10.1. The van der Waals surface area contributed by atoms with Crippen LogP contribution in [0.2, 0.25) is 5.02 Å². The fourth-order valence-electron chi connectivity index (χ4n) is 1.87. The maximum absolute atomic E-state index is 12.1. The van der Waals surface area contributed by atoms with Crippen LogP contribution in [0.15, 0.2) is 51.8 Å². The van der Waals surface area contributed by atoms with Gasteiger partial charge in [-0.25, -0.2) is 8.42 Å². The van der Waals surface area contributed by atoms with Gasteiger partial charge < -0.3 is 5.32 Å². The minimum atomic E-state index is -3.35. The Labute approximate surface area is 142 Å². The van der Waals surface area contributed by atoms with Crippen molar-refractivity contribution in [3.05, 3.63) is 57.5 Å². The quantitative estimate of drug-likeness (QED) is 0.848. The third-order valence-corrected chi connectivity index (χ3v) is 4.81. The molecule has 0 aliphatic rings. The number of hydrogen-bond donors (Lipinski definition) is 1. The summed E-state index contributed by atoms with van der Waals surface area (Å²) in [5.74, 6) is -0.273. The molecule has 0 aliphatic heterocycles. The number of anilines is 1. The number of rotatable bonds is 4. The predicted molar refractivity (Wildman–Crippen MR) is 91.0 cm³/mol. The first-order valence-electron chi connectivity index (χ1n) is 6.29. The van der Waals surface area contributed by atoms with E-state index < -0.39 is 9.84 Å². The van der Waals surface area contributed by atoms with E-state index >= 15 is 0 Å². The monoisotopic (exact) mass is 401 g/mol. The van der Waals surface area contributed by atoms with Crippen molar-refractivity contribution in [2.45, 2.75) is 11.3 Å². The Morgan fingerprint density at radius 3 is 2.55 bits per heavy atom. The lowest BCUT2D eigenvalue weighted by molar-refractivity contribution is -0.115. The fraction of sp³-hybridized carbons (Fsp3) is 0.133. The molecule has 0 radical (unpaired) electrons. The topological polar surface area (TPSA) is 63.2 Å². The third-order valence-electron chi connectivity index (χ3n) is 2.89. The van der Waals surface area contributed by atoms with E-state index in [2.05, 4.69) is 21.2 Å². The first kappa shape index (κ1) is 17.0. The van der Waals surface area contributed by atoms with Gasteiger partial charge in [-0.3, -0.25) is 4.79 Å². The molecule has 116 valence electrons. The molecule has 0 heterocycles. The van der Waals surface area contributed by atoms with E-state index in [0.717, 1.165) is 6.26 Å². The zero-order valence-corrected chi connectivity index (χ0v) is 14.8. The highest BCUT2D eigenvalue weighted by Crippen LogP contribution is 2.23. The Morgan fingerprint density at radius 2 is 1.91 bits per heavy atom. The van der Waals surface area contributed by atoms with Crippen LogP contribution in [0.4, 0.5) is 5.69 Å². The Bertz CT molecular complexity index is 821. The van der Waals surface area contributed by atoms with Crippen molar-refractivity contribution in [3.8, 4) is 0 Å². The van der Waals surface area contributed by atoms with Crippen LogP contribution in [-0.4, -0.2) is 20.6 Å². The number of carbonyl (C=O) groups excluding carboxylic acids is 1. The van der Waals surface area contributed by atoms with E-state index in [9.17, 15) is 13.2 Å². The normalized spacial score (nSPS) is 11.2. The summed E-state index contributed by atoms with van der Waals surface area (Å²) >= 11 is 9.25. The minimum absolute atomic E-state index is 0.112. The van der Waals surface area contributed by atoms with Crippen molar-refractivity contribution in [1.29, 1.82) is 0 Å². The van der Waals surface area contributed by atoms with Gasteiger partial charge in [0.15, 0.2) is 9.84 Å². The number of benzene rings is 2. The molecule has 0 fully saturated rings. The van der Waals surface area contributed by atoms with Crippen molar-refractivity contribution < 1.29 is 13.2 Å². The first-order valence-corrected chi connectivity index (χ1v) is 9.36. The number of carbonyl (C=O) groups is 1. The fourth-order valence-corrected chi connectivity index (χ4v) is 3.40. The second-order valence-electron chi connectivity index (χ2n) is 4.76. The van der Waals surface area contributed by atoms with Gasteiger partial charge >= 0.3 is 0 Å². The van der Waals surface area contributed by atoms with Crippen LogP contribution >= 0.6 is 27.5 Å². The summed E-state index contributed by atoms with van der Waals surface area (Å²) in [6.45, 7) is 0. The summed E-state index contributed by atoms with van der Waals surface area (Å²) in [6.07, 6.45) is 1.23. The molecule has 1 N–H and O–H groups in total. The molecule has 2 aromatic rings. The van der Waals surface area contributed by atoms with Gasteiger partial charge in [-0.2, -0.15) is 0 Å². The maximum atomic E-state index is 12.1. The van der Waals surface area contributed by atoms with E-state index in [0.29, 0.717) is 20.7 Å². The van der Waals surface area contributed by atoms with Gasteiger partial charge in [0, 0.05) is 21.4 Å². The summed E-state index contributed by atoms with van der Waals surface area (Å²) in [4.78, 5) is 12.2. The van der Waals surface area contributed by atoms with E-state index in [4.69, 9.17) is 11.6 Å². The molecule has 0 unspecified atom stereocenters. The smallest absolute Gasteiger partial charge is 0.228 e. The molecule has 0 saturated carbocycles. The molecular formula is C15H13BrClNO3S. The number of halogens is 2. The van der Waals surface area contributed by atoms with Gasteiger partial charge in [-0.15, -0.1) is 0 Å². The highest BCUT2D eigenvalue weighted by atomic mass is 79.9. The first-order chi connectivity index (χ1) is 10.3. The van der Waals surface area contributed by atoms with Gasteiger partial charge in [-0.05, 0) is 29.8 Å². The molecule has 0 atom stereocenters. The zero-order valence-electron chi connectivity index (χ0n) is 11.6. The van der Waals surface area contributed by atoms with E-state index in [1.54, 1.807) is 30.3 Å². The zero-order chi connectivity index (χ0) is 16.3. The van der Waals surface area contributed by atoms with Crippen LogP contribution in [0, 0.1) is 0 Å². The van der Waals surface area contributed by atoms with Crippen molar-refractivity contribution in [1.82, 2.24) is 0 Å². The van der Waals surface area contributed by atoms with Crippen molar-refractivity contribution in [3.63, 3.8) is 0 Å². The van der Waals surface area contributed by atoms with E-state index in [-0.39, 0.29) is 17.2 Å². The van der Waals surface area contributed by atoms with Crippen molar-refractivity contribution in [2.75, 3.05) is 11.6 Å². The molecule has 0 aliphatic carbocycles. The second kappa shape index (κ2) is 6.81. The van der Waals surface area contributed by atoms with Gasteiger partial charge in [0.25, 0.3) is 0 Å². The summed E-state index contributed by atoms with van der Waals surface area (Å²) in [6, 6.07) is 11.6. The predicted octanol–water partition coefficient (Wildman–Crippen LogP) is 3.69. The molecule has 1 amide bonds. The van der Waals surface area contributed by atoms with Crippen LogP contribution in [0.3, 0.4) is 0 Å². The van der Waals surface area contributed by atoms with Crippen molar-refractivity contribution >= 4 is 49.0 Å². The molecular weight excluding hydrogens is 390 g/mol. The summed E-state index contributed by atoms with van der Waals surface area (Å²) < 4.78 is 23.8. The van der Waals surface area contributed by atoms with Crippen LogP contribution in [0.25, 0.3) is 0 Å². The number of amides is 1. The van der Waals surface area contributed by atoms with E-state index in [1.807, 2.05) is 0 Å². The average molecular weight is 403 g/mol. The van der Waals surface area contributed by atoms with Crippen molar-refractivity contribution in [2.24, 2.45) is 0 Å².